The first kappa shape index (κ1) is 16.5. The molecule has 0 saturated carbocycles. The Morgan fingerprint density at radius 1 is 1.41 bits per heavy atom. The number of halogens is 1. The highest BCUT2D eigenvalue weighted by atomic mass is 35.5. The summed E-state index contributed by atoms with van der Waals surface area (Å²) in [6, 6.07) is 7.30. The van der Waals surface area contributed by atoms with E-state index in [0.717, 1.165) is 0 Å². The molecule has 0 atom stereocenters. The Bertz CT molecular complexity index is 661. The number of aliphatic hydroxyl groups is 1. The third-order valence-electron chi connectivity index (χ3n) is 3.18. The van der Waals surface area contributed by atoms with Crippen molar-refractivity contribution in [1.29, 1.82) is 0 Å². The van der Waals surface area contributed by atoms with Crippen molar-refractivity contribution in [3.8, 4) is 5.69 Å². The highest BCUT2D eigenvalue weighted by molar-refractivity contribution is 6.32. The molecule has 0 unspecified atom stereocenters. The highest BCUT2D eigenvalue weighted by Gasteiger charge is 2.23. The van der Waals surface area contributed by atoms with Gasteiger partial charge in [0, 0.05) is 19.3 Å². The topological polar surface area (TPSA) is 58.4 Å². The van der Waals surface area contributed by atoms with Crippen molar-refractivity contribution in [2.75, 3.05) is 13.1 Å². The summed E-state index contributed by atoms with van der Waals surface area (Å²) in [7, 11) is 0. The van der Waals surface area contributed by atoms with Gasteiger partial charge in [0.2, 0.25) is 0 Å². The quantitative estimate of drug-likeness (QED) is 0.921. The molecule has 22 heavy (non-hydrogen) atoms. The first-order valence-electron chi connectivity index (χ1n) is 7.13. The molecule has 0 fully saturated rings. The number of hydrogen-bond donors (Lipinski definition) is 1. The molecule has 0 saturated heterocycles. The molecule has 6 heteroatoms. The minimum atomic E-state index is -0.940. The predicted octanol–water partition coefficient (Wildman–Crippen LogP) is 2.76. The zero-order valence-electron chi connectivity index (χ0n) is 13.0. The number of para-hydroxylation sites is 1. The third kappa shape index (κ3) is 3.87. The van der Waals surface area contributed by atoms with Gasteiger partial charge in [-0.05, 0) is 32.9 Å². The van der Waals surface area contributed by atoms with Crippen LogP contribution in [0.15, 0.2) is 36.7 Å². The molecule has 1 aromatic heterocycles. The number of benzene rings is 1. The Morgan fingerprint density at radius 2 is 2.09 bits per heavy atom. The van der Waals surface area contributed by atoms with E-state index in [-0.39, 0.29) is 12.5 Å². The van der Waals surface area contributed by atoms with Gasteiger partial charge in [0.25, 0.3) is 5.91 Å². The second-order valence-electron chi connectivity index (χ2n) is 5.76. The van der Waals surface area contributed by atoms with Crippen molar-refractivity contribution in [2.45, 2.75) is 26.4 Å². The minimum Gasteiger partial charge on any atom is -0.389 e. The van der Waals surface area contributed by atoms with Gasteiger partial charge in [-0.3, -0.25) is 4.79 Å². The van der Waals surface area contributed by atoms with E-state index in [4.69, 9.17) is 11.6 Å². The molecule has 1 heterocycles. The molecule has 0 aliphatic rings. The molecule has 1 N–H and O–H groups in total. The lowest BCUT2D eigenvalue weighted by Crippen LogP contribution is -2.42. The lowest BCUT2D eigenvalue weighted by molar-refractivity contribution is 0.0314. The van der Waals surface area contributed by atoms with Gasteiger partial charge in [0.1, 0.15) is 0 Å². The van der Waals surface area contributed by atoms with E-state index in [1.807, 2.05) is 25.1 Å². The van der Waals surface area contributed by atoms with E-state index in [9.17, 15) is 9.90 Å². The average Bonchev–Trinajstić information content (AvgIpc) is 2.93. The lowest BCUT2D eigenvalue weighted by Gasteiger charge is -2.27. The summed E-state index contributed by atoms with van der Waals surface area (Å²) in [5.74, 6) is -0.164. The average molecular weight is 322 g/mol. The van der Waals surface area contributed by atoms with Crippen LogP contribution in [-0.2, 0) is 0 Å². The lowest BCUT2D eigenvalue weighted by atomic mass is 10.1. The van der Waals surface area contributed by atoms with Crippen molar-refractivity contribution in [3.05, 3.63) is 47.2 Å². The summed E-state index contributed by atoms with van der Waals surface area (Å²) >= 11 is 6.14. The smallest absolute Gasteiger partial charge is 0.257 e. The summed E-state index contributed by atoms with van der Waals surface area (Å²) in [4.78, 5) is 14.1. The highest BCUT2D eigenvalue weighted by Crippen LogP contribution is 2.20. The zero-order chi connectivity index (χ0) is 16.3. The largest absolute Gasteiger partial charge is 0.389 e. The molecule has 2 aromatic rings. The number of hydrogen-bond acceptors (Lipinski definition) is 3. The van der Waals surface area contributed by atoms with Crippen LogP contribution in [0.5, 0.6) is 0 Å². The Balaban J connectivity index is 2.24. The first-order chi connectivity index (χ1) is 10.3. The van der Waals surface area contributed by atoms with Crippen LogP contribution in [0, 0.1) is 0 Å². The summed E-state index contributed by atoms with van der Waals surface area (Å²) in [6.45, 7) is 6.01. The van der Waals surface area contributed by atoms with Gasteiger partial charge in [-0.15, -0.1) is 0 Å². The number of carbonyl (C=O) groups is 1. The monoisotopic (exact) mass is 321 g/mol. The number of nitrogens with zero attached hydrogens (tertiary/aromatic N) is 3. The van der Waals surface area contributed by atoms with Gasteiger partial charge >= 0.3 is 0 Å². The molecule has 5 nitrogen and oxygen atoms in total. The Kier molecular flexibility index (Phi) is 4.88. The number of likely N-dealkylation sites (N-methyl/N-ethyl adjacent to an activating group) is 1. The fraction of sp³-hybridized carbons (Fsp3) is 0.375. The van der Waals surface area contributed by atoms with Gasteiger partial charge < -0.3 is 10.0 Å². The maximum atomic E-state index is 12.5. The van der Waals surface area contributed by atoms with Crippen molar-refractivity contribution < 1.29 is 9.90 Å². The van der Waals surface area contributed by atoms with Crippen LogP contribution in [0.3, 0.4) is 0 Å². The fourth-order valence-corrected chi connectivity index (χ4v) is 2.40. The second-order valence-corrected chi connectivity index (χ2v) is 6.16. The Hall–Kier alpha value is -1.85. The third-order valence-corrected chi connectivity index (χ3v) is 3.50. The van der Waals surface area contributed by atoms with Crippen molar-refractivity contribution >= 4 is 17.5 Å². The van der Waals surface area contributed by atoms with Crippen LogP contribution in [0.25, 0.3) is 5.69 Å². The van der Waals surface area contributed by atoms with Crippen molar-refractivity contribution in [2.24, 2.45) is 0 Å². The van der Waals surface area contributed by atoms with E-state index in [1.54, 1.807) is 35.7 Å². The van der Waals surface area contributed by atoms with E-state index in [0.29, 0.717) is 22.8 Å². The van der Waals surface area contributed by atoms with Crippen LogP contribution >= 0.6 is 11.6 Å². The van der Waals surface area contributed by atoms with Crippen LogP contribution in [0.4, 0.5) is 0 Å². The molecule has 0 bridgehead atoms. The SMILES string of the molecule is CCN(CC(C)(C)O)C(=O)c1cnn(-c2ccccc2Cl)c1. The fourth-order valence-electron chi connectivity index (χ4n) is 2.18. The molecular weight excluding hydrogens is 302 g/mol. The summed E-state index contributed by atoms with van der Waals surface area (Å²) in [5.41, 5.74) is 0.240. The van der Waals surface area contributed by atoms with Crippen LogP contribution in [0.1, 0.15) is 31.1 Å². The van der Waals surface area contributed by atoms with Gasteiger partial charge in [-0.25, -0.2) is 4.68 Å². The maximum absolute atomic E-state index is 12.5. The molecule has 1 amide bonds. The van der Waals surface area contributed by atoms with Crippen molar-refractivity contribution in [1.82, 2.24) is 14.7 Å². The summed E-state index contributed by atoms with van der Waals surface area (Å²) in [5, 5.41) is 14.7. The Morgan fingerprint density at radius 3 is 2.68 bits per heavy atom. The van der Waals surface area contributed by atoms with Crippen LogP contribution < -0.4 is 0 Å². The standard InChI is InChI=1S/C16H20ClN3O2/c1-4-19(11-16(2,3)22)15(21)12-9-18-20(10-12)14-8-6-5-7-13(14)17/h5-10,22H,4,11H2,1-3H3. The van der Waals surface area contributed by atoms with Gasteiger partial charge in [0.15, 0.2) is 0 Å². The van der Waals surface area contributed by atoms with E-state index < -0.39 is 5.60 Å². The normalized spacial score (nSPS) is 11.5. The molecule has 0 aliphatic carbocycles. The number of amides is 1. The van der Waals surface area contributed by atoms with Crippen molar-refractivity contribution in [3.63, 3.8) is 0 Å². The molecule has 0 radical (unpaired) electrons. The molecule has 1 aromatic carbocycles. The zero-order valence-corrected chi connectivity index (χ0v) is 13.7. The number of carbonyl (C=O) groups excluding carboxylic acids is 1. The number of aromatic nitrogens is 2. The molecular formula is C16H20ClN3O2. The van der Waals surface area contributed by atoms with Crippen LogP contribution in [-0.4, -0.2) is 44.4 Å². The summed E-state index contributed by atoms with van der Waals surface area (Å²) in [6.07, 6.45) is 3.16. The molecule has 118 valence electrons. The second kappa shape index (κ2) is 6.50. The van der Waals surface area contributed by atoms with E-state index in [2.05, 4.69) is 5.10 Å². The van der Waals surface area contributed by atoms with Gasteiger partial charge in [0.05, 0.1) is 28.1 Å². The Labute approximate surface area is 135 Å². The molecule has 2 rings (SSSR count). The predicted molar refractivity (Wildman–Crippen MR) is 86.4 cm³/mol. The molecule has 0 spiro atoms. The van der Waals surface area contributed by atoms with Gasteiger partial charge in [-0.1, -0.05) is 23.7 Å². The number of rotatable bonds is 5. The molecule has 0 aliphatic heterocycles. The van der Waals surface area contributed by atoms with E-state index in [1.165, 1.54) is 6.20 Å². The minimum absolute atomic E-state index is 0.164. The van der Waals surface area contributed by atoms with Gasteiger partial charge in [-0.2, -0.15) is 5.10 Å². The van der Waals surface area contributed by atoms with E-state index >= 15 is 0 Å². The maximum Gasteiger partial charge on any atom is 0.257 e. The van der Waals surface area contributed by atoms with Crippen LogP contribution in [0.2, 0.25) is 5.02 Å². The summed E-state index contributed by atoms with van der Waals surface area (Å²) < 4.78 is 1.58. The first-order valence-corrected chi connectivity index (χ1v) is 7.51.